The van der Waals surface area contributed by atoms with Crippen molar-refractivity contribution in [2.24, 2.45) is 0 Å². The van der Waals surface area contributed by atoms with E-state index in [9.17, 15) is 27.9 Å². The number of esters is 1. The SMILES string of the molecule is CCc1c2c(nc3ccc(OCCCOc4cc(C(F)(F)F)ncn4)cc13)-c1cc3c(c(=O)n1C2)COC(=O)[C@]3(O)CC. The summed E-state index contributed by atoms with van der Waals surface area (Å²) in [5, 5.41) is 12.0. The quantitative estimate of drug-likeness (QED) is 0.206. The van der Waals surface area contributed by atoms with Gasteiger partial charge in [-0.25, -0.2) is 19.7 Å². The molecule has 0 fully saturated rings. The van der Waals surface area contributed by atoms with Crippen LogP contribution in [-0.4, -0.2) is 43.8 Å². The Labute approximate surface area is 243 Å². The number of nitrogens with zero attached hydrogens (tertiary/aromatic N) is 4. The Morgan fingerprint density at radius 1 is 1.07 bits per heavy atom. The topological polar surface area (TPSA) is 126 Å². The zero-order valence-electron chi connectivity index (χ0n) is 23.3. The minimum atomic E-state index is -4.58. The van der Waals surface area contributed by atoms with Gasteiger partial charge in [0.05, 0.1) is 42.2 Å². The number of hydrogen-bond donors (Lipinski definition) is 1. The summed E-state index contributed by atoms with van der Waals surface area (Å²) < 4.78 is 56.5. The molecule has 0 saturated carbocycles. The predicted octanol–water partition coefficient (Wildman–Crippen LogP) is 4.30. The highest BCUT2D eigenvalue weighted by molar-refractivity contribution is 5.90. The average Bonchev–Trinajstić information content (AvgIpc) is 3.36. The van der Waals surface area contributed by atoms with Gasteiger partial charge in [-0.15, -0.1) is 0 Å². The van der Waals surface area contributed by atoms with Crippen LogP contribution in [-0.2, 0) is 40.9 Å². The number of pyridine rings is 2. The molecule has 2 aliphatic rings. The summed E-state index contributed by atoms with van der Waals surface area (Å²) in [6.45, 7) is 4.11. The number of hydrogen-bond acceptors (Lipinski definition) is 9. The molecule has 0 aliphatic carbocycles. The molecule has 1 N–H and O–H groups in total. The third-order valence-electron chi connectivity index (χ3n) is 7.87. The number of benzene rings is 1. The van der Waals surface area contributed by atoms with Crippen LogP contribution in [0.2, 0.25) is 0 Å². The zero-order valence-corrected chi connectivity index (χ0v) is 23.3. The summed E-state index contributed by atoms with van der Waals surface area (Å²) in [6.07, 6.45) is -2.66. The Morgan fingerprint density at radius 3 is 2.60 bits per heavy atom. The van der Waals surface area contributed by atoms with Gasteiger partial charge in [-0.2, -0.15) is 13.2 Å². The molecule has 0 spiro atoms. The third-order valence-corrected chi connectivity index (χ3v) is 7.87. The van der Waals surface area contributed by atoms with Crippen molar-refractivity contribution in [1.29, 1.82) is 0 Å². The van der Waals surface area contributed by atoms with Crippen molar-refractivity contribution >= 4 is 16.9 Å². The number of carbonyl (C=O) groups excluding carboxylic acids is 1. The number of cyclic esters (lactones) is 1. The van der Waals surface area contributed by atoms with Gasteiger partial charge in [0.15, 0.2) is 11.3 Å². The van der Waals surface area contributed by atoms with Crippen molar-refractivity contribution in [1.82, 2.24) is 19.5 Å². The van der Waals surface area contributed by atoms with Gasteiger partial charge in [-0.05, 0) is 42.7 Å². The molecule has 43 heavy (non-hydrogen) atoms. The van der Waals surface area contributed by atoms with Gasteiger partial charge in [0.1, 0.15) is 18.7 Å². The van der Waals surface area contributed by atoms with Gasteiger partial charge in [0.2, 0.25) is 5.88 Å². The number of aliphatic hydroxyl groups is 1. The fourth-order valence-electron chi connectivity index (χ4n) is 5.63. The van der Waals surface area contributed by atoms with Crippen molar-refractivity contribution in [3.8, 4) is 23.0 Å². The highest BCUT2D eigenvalue weighted by Crippen LogP contribution is 2.40. The normalized spacial score (nSPS) is 17.3. The minimum absolute atomic E-state index is 0.0639. The first-order valence-electron chi connectivity index (χ1n) is 13.8. The molecule has 0 amide bonds. The molecule has 0 radical (unpaired) electrons. The number of halogens is 3. The lowest BCUT2D eigenvalue weighted by molar-refractivity contribution is -0.172. The fraction of sp³-hybridized carbons (Fsp3) is 0.367. The van der Waals surface area contributed by atoms with E-state index < -0.39 is 23.4 Å². The molecule has 224 valence electrons. The first-order chi connectivity index (χ1) is 20.5. The van der Waals surface area contributed by atoms with Crippen molar-refractivity contribution in [3.05, 3.63) is 75.0 Å². The summed E-state index contributed by atoms with van der Waals surface area (Å²) in [5.41, 5.74) is 0.996. The maximum atomic E-state index is 13.5. The molecule has 1 aromatic carbocycles. The molecule has 3 aromatic heterocycles. The lowest BCUT2D eigenvalue weighted by Gasteiger charge is -2.31. The minimum Gasteiger partial charge on any atom is -0.493 e. The van der Waals surface area contributed by atoms with Crippen molar-refractivity contribution in [2.75, 3.05) is 13.2 Å². The highest BCUT2D eigenvalue weighted by atomic mass is 19.4. The largest absolute Gasteiger partial charge is 0.493 e. The molecule has 4 aromatic rings. The zero-order chi connectivity index (χ0) is 30.5. The van der Waals surface area contributed by atoms with Crippen LogP contribution in [0.25, 0.3) is 22.3 Å². The van der Waals surface area contributed by atoms with Crippen LogP contribution in [0.1, 0.15) is 54.6 Å². The van der Waals surface area contributed by atoms with Crippen LogP contribution >= 0.6 is 0 Å². The Balaban J connectivity index is 1.23. The van der Waals surface area contributed by atoms with Gasteiger partial charge < -0.3 is 23.9 Å². The summed E-state index contributed by atoms with van der Waals surface area (Å²) in [7, 11) is 0. The molecular formula is C30H27F3N4O6. The maximum Gasteiger partial charge on any atom is 0.433 e. The molecular weight excluding hydrogens is 569 g/mol. The predicted molar refractivity (Wildman–Crippen MR) is 147 cm³/mol. The van der Waals surface area contributed by atoms with E-state index in [2.05, 4.69) is 9.97 Å². The van der Waals surface area contributed by atoms with Gasteiger partial charge in [-0.3, -0.25) is 4.79 Å². The van der Waals surface area contributed by atoms with Gasteiger partial charge >= 0.3 is 12.1 Å². The smallest absolute Gasteiger partial charge is 0.433 e. The molecule has 10 nitrogen and oxygen atoms in total. The van der Waals surface area contributed by atoms with E-state index in [4.69, 9.17) is 19.2 Å². The van der Waals surface area contributed by atoms with E-state index in [0.717, 1.165) is 28.9 Å². The molecule has 5 heterocycles. The molecule has 6 rings (SSSR count). The number of carbonyl (C=O) groups is 1. The van der Waals surface area contributed by atoms with Crippen LogP contribution in [0.15, 0.2) is 41.5 Å². The number of rotatable bonds is 8. The van der Waals surface area contributed by atoms with Crippen LogP contribution in [0.3, 0.4) is 0 Å². The summed E-state index contributed by atoms with van der Waals surface area (Å²) >= 11 is 0. The molecule has 0 bridgehead atoms. The Morgan fingerprint density at radius 2 is 1.86 bits per heavy atom. The summed E-state index contributed by atoms with van der Waals surface area (Å²) in [5.74, 6) is -0.355. The molecule has 13 heteroatoms. The number of fused-ring (bicyclic) bond motifs is 5. The number of aromatic nitrogens is 4. The van der Waals surface area contributed by atoms with E-state index in [0.29, 0.717) is 42.0 Å². The van der Waals surface area contributed by atoms with E-state index in [1.54, 1.807) is 23.6 Å². The number of aryl methyl sites for hydroxylation is 1. The monoisotopic (exact) mass is 596 g/mol. The molecule has 2 aliphatic heterocycles. The summed E-state index contributed by atoms with van der Waals surface area (Å²) in [6, 6.07) is 7.90. The lowest BCUT2D eigenvalue weighted by Crippen LogP contribution is -2.44. The second kappa shape index (κ2) is 10.6. The first kappa shape index (κ1) is 28.6. The fourth-order valence-corrected chi connectivity index (χ4v) is 5.63. The van der Waals surface area contributed by atoms with Crippen molar-refractivity contribution in [3.63, 3.8) is 0 Å². The average molecular weight is 597 g/mol. The van der Waals surface area contributed by atoms with Crippen LogP contribution < -0.4 is 15.0 Å². The maximum absolute atomic E-state index is 13.5. The Kier molecular flexibility index (Phi) is 7.07. The van der Waals surface area contributed by atoms with Crippen LogP contribution in [0.4, 0.5) is 13.2 Å². The molecule has 1 atom stereocenters. The number of alkyl halides is 3. The highest BCUT2D eigenvalue weighted by Gasteiger charge is 2.45. The molecule has 0 saturated heterocycles. The van der Waals surface area contributed by atoms with Crippen molar-refractivity contribution < 1.29 is 37.3 Å². The third kappa shape index (κ3) is 4.86. The van der Waals surface area contributed by atoms with Crippen LogP contribution in [0, 0.1) is 0 Å². The van der Waals surface area contributed by atoms with Crippen LogP contribution in [0.5, 0.6) is 11.6 Å². The second-order valence-electron chi connectivity index (χ2n) is 10.3. The standard InChI is InChI=1S/C30H27F3N4O6/c1-3-17-18-10-16(41-8-5-9-42-25-12-24(30(31,32)33)34-15-35-25)6-7-22(18)36-26-19(17)13-37-23(26)11-21-20(27(37)38)14-43-28(39)29(21,40)4-2/h6-7,10-12,15,40H,3-5,8-9,13-14H2,1-2H3/t29-/m0/s1. The number of ether oxygens (including phenoxy) is 3. The van der Waals surface area contributed by atoms with E-state index in [1.165, 1.54) is 0 Å². The van der Waals surface area contributed by atoms with E-state index in [-0.39, 0.29) is 48.8 Å². The lowest BCUT2D eigenvalue weighted by atomic mass is 9.86. The van der Waals surface area contributed by atoms with E-state index >= 15 is 0 Å². The van der Waals surface area contributed by atoms with Gasteiger partial charge in [0.25, 0.3) is 5.56 Å². The van der Waals surface area contributed by atoms with Gasteiger partial charge in [0, 0.05) is 29.0 Å². The molecule has 0 unspecified atom stereocenters. The van der Waals surface area contributed by atoms with Crippen molar-refractivity contribution in [2.45, 2.75) is 58.0 Å². The summed E-state index contributed by atoms with van der Waals surface area (Å²) in [4.78, 5) is 37.7. The first-order valence-corrected chi connectivity index (χ1v) is 13.8. The Bertz CT molecular complexity index is 1820. The van der Waals surface area contributed by atoms with E-state index in [1.807, 2.05) is 19.1 Å². The Hall–Kier alpha value is -4.52. The van der Waals surface area contributed by atoms with Gasteiger partial charge in [-0.1, -0.05) is 13.8 Å². The second-order valence-corrected chi connectivity index (χ2v) is 10.3.